The molecule has 1 aliphatic rings. The van der Waals surface area contributed by atoms with Gasteiger partial charge in [-0.1, -0.05) is 27.2 Å². The summed E-state index contributed by atoms with van der Waals surface area (Å²) in [4.78, 5) is 18.9. The Morgan fingerprint density at radius 2 is 2.10 bits per heavy atom. The summed E-state index contributed by atoms with van der Waals surface area (Å²) in [6, 6.07) is 3.59. The Hall–Kier alpha value is -1.62. The quantitative estimate of drug-likeness (QED) is 0.660. The summed E-state index contributed by atoms with van der Waals surface area (Å²) < 4.78 is 0. The number of hydrazine groups is 1. The molecule has 1 aromatic rings. The molecule has 3 N–H and O–H groups in total. The molecule has 5 nitrogen and oxygen atoms in total. The van der Waals surface area contributed by atoms with Crippen LogP contribution in [0.3, 0.4) is 0 Å². The smallest absolute Gasteiger partial charge is 0.253 e. The molecule has 0 spiro atoms. The largest absolute Gasteiger partial charge is 0.341 e. The van der Waals surface area contributed by atoms with Crippen molar-refractivity contribution in [3.8, 4) is 0 Å². The summed E-state index contributed by atoms with van der Waals surface area (Å²) >= 11 is 0. The van der Waals surface area contributed by atoms with Crippen molar-refractivity contribution in [2.45, 2.75) is 45.4 Å². The van der Waals surface area contributed by atoms with Crippen LogP contribution in [-0.2, 0) is 5.41 Å². The Kier molecular flexibility index (Phi) is 4.52. The van der Waals surface area contributed by atoms with Crippen molar-refractivity contribution in [3.63, 3.8) is 0 Å². The summed E-state index contributed by atoms with van der Waals surface area (Å²) in [7, 11) is 1.87. The summed E-state index contributed by atoms with van der Waals surface area (Å²) in [6.07, 6.45) is 3.75. The van der Waals surface area contributed by atoms with Crippen LogP contribution in [0, 0.1) is 5.92 Å². The van der Waals surface area contributed by atoms with E-state index in [4.69, 9.17) is 5.84 Å². The van der Waals surface area contributed by atoms with Crippen molar-refractivity contribution in [1.82, 2.24) is 9.88 Å². The molecular weight excluding hydrogens is 264 g/mol. The number of carbonyl (C=O) groups is 1. The Balaban J connectivity index is 2.22. The second kappa shape index (κ2) is 6.02. The minimum Gasteiger partial charge on any atom is -0.341 e. The molecule has 0 aliphatic heterocycles. The third kappa shape index (κ3) is 3.73. The van der Waals surface area contributed by atoms with E-state index in [0.717, 1.165) is 12.2 Å². The maximum atomic E-state index is 12.6. The van der Waals surface area contributed by atoms with Crippen LogP contribution in [0.1, 0.15) is 56.1 Å². The van der Waals surface area contributed by atoms with Gasteiger partial charge in [0.2, 0.25) is 0 Å². The van der Waals surface area contributed by atoms with E-state index in [0.29, 0.717) is 17.3 Å². The van der Waals surface area contributed by atoms with Crippen LogP contribution in [0.15, 0.2) is 12.1 Å². The second-order valence-electron chi connectivity index (χ2n) is 7.00. The van der Waals surface area contributed by atoms with Crippen LogP contribution >= 0.6 is 0 Å². The molecule has 2 rings (SSSR count). The number of nitrogens with one attached hydrogen (secondary N) is 1. The molecule has 0 unspecified atom stereocenters. The van der Waals surface area contributed by atoms with Gasteiger partial charge in [0.15, 0.2) is 0 Å². The number of nitrogens with zero attached hydrogens (tertiary/aromatic N) is 2. The van der Waals surface area contributed by atoms with Gasteiger partial charge in [-0.25, -0.2) is 10.8 Å². The average Bonchev–Trinajstić information content (AvgIpc) is 2.40. The van der Waals surface area contributed by atoms with Crippen molar-refractivity contribution >= 4 is 11.7 Å². The SMILES string of the molecule is CN(CC1CCC1)C(=O)c1cc(NN)nc(C(C)(C)C)c1. The number of hydrogen-bond donors (Lipinski definition) is 2. The topological polar surface area (TPSA) is 71.2 Å². The van der Waals surface area contributed by atoms with E-state index in [9.17, 15) is 4.79 Å². The van der Waals surface area contributed by atoms with Crippen molar-refractivity contribution in [2.75, 3.05) is 19.0 Å². The third-order valence-corrected chi connectivity index (χ3v) is 4.09. The van der Waals surface area contributed by atoms with Crippen LogP contribution in [-0.4, -0.2) is 29.4 Å². The fourth-order valence-electron chi connectivity index (χ4n) is 2.48. The van der Waals surface area contributed by atoms with Gasteiger partial charge in [0.1, 0.15) is 5.82 Å². The van der Waals surface area contributed by atoms with Crippen molar-refractivity contribution in [1.29, 1.82) is 0 Å². The highest BCUT2D eigenvalue weighted by Gasteiger charge is 2.24. The van der Waals surface area contributed by atoms with Crippen molar-refractivity contribution in [2.24, 2.45) is 11.8 Å². The number of nitrogen functional groups attached to an aromatic ring is 1. The normalized spacial score (nSPS) is 15.5. The van der Waals surface area contributed by atoms with Gasteiger partial charge in [-0.05, 0) is 30.9 Å². The fourth-order valence-corrected chi connectivity index (χ4v) is 2.48. The van der Waals surface area contributed by atoms with Gasteiger partial charge in [0.25, 0.3) is 5.91 Å². The maximum Gasteiger partial charge on any atom is 0.253 e. The zero-order chi connectivity index (χ0) is 15.6. The Morgan fingerprint density at radius 3 is 2.57 bits per heavy atom. The second-order valence-corrected chi connectivity index (χ2v) is 7.00. The number of amides is 1. The van der Waals surface area contributed by atoms with E-state index in [-0.39, 0.29) is 11.3 Å². The first-order valence-electron chi connectivity index (χ1n) is 7.56. The van der Waals surface area contributed by atoms with Gasteiger partial charge < -0.3 is 10.3 Å². The van der Waals surface area contributed by atoms with Crippen LogP contribution < -0.4 is 11.3 Å². The highest BCUT2D eigenvalue weighted by Crippen LogP contribution is 2.28. The monoisotopic (exact) mass is 290 g/mol. The van der Waals surface area contributed by atoms with Gasteiger partial charge in [0, 0.05) is 30.3 Å². The predicted molar refractivity (Wildman–Crippen MR) is 85.0 cm³/mol. The van der Waals surface area contributed by atoms with E-state index in [2.05, 4.69) is 31.2 Å². The highest BCUT2D eigenvalue weighted by molar-refractivity contribution is 5.95. The number of carbonyl (C=O) groups excluding carboxylic acids is 1. The molecule has 1 aromatic heterocycles. The first-order valence-corrected chi connectivity index (χ1v) is 7.56. The molecule has 5 heteroatoms. The van der Waals surface area contributed by atoms with Crippen molar-refractivity contribution in [3.05, 3.63) is 23.4 Å². The van der Waals surface area contributed by atoms with E-state index in [1.165, 1.54) is 19.3 Å². The third-order valence-electron chi connectivity index (χ3n) is 4.09. The number of hydrogen-bond acceptors (Lipinski definition) is 4. The molecule has 0 radical (unpaired) electrons. The lowest BCUT2D eigenvalue weighted by molar-refractivity contribution is 0.0745. The summed E-state index contributed by atoms with van der Waals surface area (Å²) in [5.41, 5.74) is 3.93. The van der Waals surface area contributed by atoms with E-state index in [1.807, 2.05) is 18.0 Å². The maximum absolute atomic E-state index is 12.6. The van der Waals surface area contributed by atoms with Gasteiger partial charge in [-0.3, -0.25) is 4.79 Å². The van der Waals surface area contributed by atoms with Crippen LogP contribution in [0.4, 0.5) is 5.82 Å². The highest BCUT2D eigenvalue weighted by atomic mass is 16.2. The molecular formula is C16H26N4O. The zero-order valence-corrected chi connectivity index (χ0v) is 13.4. The first-order chi connectivity index (χ1) is 9.81. The molecule has 1 fully saturated rings. The summed E-state index contributed by atoms with van der Waals surface area (Å²) in [5.74, 6) is 6.71. The van der Waals surface area contributed by atoms with Crippen molar-refractivity contribution < 1.29 is 4.79 Å². The van der Waals surface area contributed by atoms with E-state index < -0.39 is 0 Å². The Labute approximate surface area is 126 Å². The summed E-state index contributed by atoms with van der Waals surface area (Å²) in [6.45, 7) is 7.04. The lowest BCUT2D eigenvalue weighted by atomic mass is 9.85. The van der Waals surface area contributed by atoms with Crippen LogP contribution in [0.2, 0.25) is 0 Å². The average molecular weight is 290 g/mol. The minimum atomic E-state index is -0.131. The van der Waals surface area contributed by atoms with E-state index in [1.54, 1.807) is 6.07 Å². The molecule has 1 aliphatic carbocycles. The summed E-state index contributed by atoms with van der Waals surface area (Å²) in [5, 5.41) is 0. The minimum absolute atomic E-state index is 0.0336. The Bertz CT molecular complexity index is 517. The van der Waals surface area contributed by atoms with E-state index >= 15 is 0 Å². The first kappa shape index (κ1) is 15.8. The number of anilines is 1. The standard InChI is InChI=1S/C16H26N4O/c1-16(2,3)13-8-12(9-14(18-13)19-17)15(21)20(4)10-11-6-5-7-11/h8-9,11H,5-7,10,17H2,1-4H3,(H,18,19). The molecule has 21 heavy (non-hydrogen) atoms. The lowest BCUT2D eigenvalue weighted by Crippen LogP contribution is -2.34. The molecule has 1 heterocycles. The van der Waals surface area contributed by atoms with Crippen LogP contribution in [0.25, 0.3) is 0 Å². The molecule has 0 aromatic carbocycles. The van der Waals surface area contributed by atoms with Gasteiger partial charge in [0.05, 0.1) is 0 Å². The van der Waals surface area contributed by atoms with Gasteiger partial charge in [-0.15, -0.1) is 0 Å². The molecule has 0 bridgehead atoms. The fraction of sp³-hybridized carbons (Fsp3) is 0.625. The molecule has 0 atom stereocenters. The van der Waals surface area contributed by atoms with Crippen LogP contribution in [0.5, 0.6) is 0 Å². The zero-order valence-electron chi connectivity index (χ0n) is 13.4. The van der Waals surface area contributed by atoms with Gasteiger partial charge in [-0.2, -0.15) is 0 Å². The molecule has 0 saturated heterocycles. The molecule has 1 amide bonds. The predicted octanol–water partition coefficient (Wildman–Crippen LogP) is 2.54. The number of nitrogens with two attached hydrogens (primary N) is 1. The number of aromatic nitrogens is 1. The molecule has 116 valence electrons. The lowest BCUT2D eigenvalue weighted by Gasteiger charge is -2.30. The Morgan fingerprint density at radius 1 is 1.43 bits per heavy atom. The molecule has 1 saturated carbocycles. The number of rotatable bonds is 4. The van der Waals surface area contributed by atoms with Gasteiger partial charge >= 0.3 is 0 Å². The number of pyridine rings is 1.